The first-order valence-electron chi connectivity index (χ1n) is 4.19. The summed E-state index contributed by atoms with van der Waals surface area (Å²) in [6.45, 7) is 0. The van der Waals surface area contributed by atoms with Gasteiger partial charge in [0.2, 0.25) is 5.82 Å². The molecule has 2 aromatic rings. The van der Waals surface area contributed by atoms with Crippen molar-refractivity contribution in [3.05, 3.63) is 29.2 Å². The largest absolute Gasteiger partial charge is 0.595 e. The highest BCUT2D eigenvalue weighted by molar-refractivity contribution is 5.84. The van der Waals surface area contributed by atoms with Gasteiger partial charge in [0.25, 0.3) is 0 Å². The minimum absolute atomic E-state index is 0.0484. The van der Waals surface area contributed by atoms with E-state index in [0.29, 0.717) is 0 Å². The molecule has 0 fully saturated rings. The van der Waals surface area contributed by atoms with Gasteiger partial charge in [-0.25, -0.2) is 10.2 Å². The lowest BCUT2D eigenvalue weighted by molar-refractivity contribution is -0.990. The predicted octanol–water partition coefficient (Wildman–Crippen LogP) is 0.985. The Kier molecular flexibility index (Phi) is 2.34. The smallest absolute Gasteiger partial charge is 0.449 e. The quantitative estimate of drug-likeness (QED) is 0.643. The number of hydrogen-bond acceptors (Lipinski definition) is 3. The molecule has 0 aliphatic rings. The van der Waals surface area contributed by atoms with Gasteiger partial charge in [0.1, 0.15) is 0 Å². The third-order valence-electron chi connectivity index (χ3n) is 2.01. The summed E-state index contributed by atoms with van der Waals surface area (Å²) in [5.74, 6) is -1.20. The van der Waals surface area contributed by atoms with Crippen molar-refractivity contribution in [1.82, 2.24) is 9.97 Å². The Morgan fingerprint density at radius 2 is 2.06 bits per heavy atom. The summed E-state index contributed by atoms with van der Waals surface area (Å²) >= 11 is 0. The Hall–Kier alpha value is -1.64. The molecule has 1 heterocycles. The van der Waals surface area contributed by atoms with Gasteiger partial charge in [-0.15, -0.1) is 0 Å². The number of nitrogens with one attached hydrogen (secondary N) is 2. The first kappa shape index (κ1) is 10.9. The fourth-order valence-electron chi connectivity index (χ4n) is 1.34. The summed E-state index contributed by atoms with van der Waals surface area (Å²) in [5, 5.41) is 18.2. The molecule has 1 aromatic heterocycles. The molecule has 8 heteroatoms. The first-order valence-corrected chi connectivity index (χ1v) is 4.19. The summed E-state index contributed by atoms with van der Waals surface area (Å²) in [6.07, 6.45) is -4.62. The van der Waals surface area contributed by atoms with Crippen LogP contribution in [0.1, 0.15) is 5.82 Å². The minimum atomic E-state index is -4.62. The Balaban J connectivity index is 2.66. The molecule has 0 aliphatic heterocycles. The van der Waals surface area contributed by atoms with Crippen molar-refractivity contribution in [1.29, 1.82) is 0 Å². The van der Waals surface area contributed by atoms with Gasteiger partial charge in [0, 0.05) is 6.07 Å². The maximum absolute atomic E-state index is 12.3. The average molecular weight is 233 g/mol. The van der Waals surface area contributed by atoms with Crippen LogP contribution in [0.5, 0.6) is 0 Å². The predicted molar refractivity (Wildman–Crippen MR) is 46.9 cm³/mol. The lowest BCUT2D eigenvalue weighted by Gasteiger charge is -2.10. The second-order valence-corrected chi connectivity index (χ2v) is 3.09. The van der Waals surface area contributed by atoms with Gasteiger partial charge in [0.05, 0.1) is 5.52 Å². The molecule has 0 saturated heterocycles. The Morgan fingerprint density at radius 3 is 2.62 bits per heavy atom. The number of rotatable bonds is 1. The highest BCUT2D eigenvalue weighted by atomic mass is 19.4. The van der Waals surface area contributed by atoms with Crippen molar-refractivity contribution >= 4 is 16.7 Å². The van der Waals surface area contributed by atoms with Gasteiger partial charge in [0.15, 0.2) is 11.2 Å². The van der Waals surface area contributed by atoms with Gasteiger partial charge < -0.3 is 10.2 Å². The molecule has 1 aromatic carbocycles. The van der Waals surface area contributed by atoms with Crippen molar-refractivity contribution in [3.63, 3.8) is 0 Å². The molecule has 5 nitrogen and oxygen atoms in total. The van der Waals surface area contributed by atoms with Crippen LogP contribution in [-0.2, 0) is 6.18 Å². The van der Waals surface area contributed by atoms with Crippen molar-refractivity contribution in [2.75, 3.05) is 0 Å². The van der Waals surface area contributed by atoms with Gasteiger partial charge in [-0.2, -0.15) is 18.4 Å². The monoisotopic (exact) mass is 233 g/mol. The van der Waals surface area contributed by atoms with E-state index in [1.807, 2.05) is 4.98 Å². The summed E-state index contributed by atoms with van der Waals surface area (Å²) in [4.78, 5) is 5.28. The number of hydrogen-bond donors (Lipinski definition) is 3. The Labute approximate surface area is 86.7 Å². The third-order valence-corrected chi connectivity index (χ3v) is 2.01. The van der Waals surface area contributed by atoms with E-state index in [-0.39, 0.29) is 16.7 Å². The number of benzene rings is 1. The molecule has 0 saturated carbocycles. The van der Waals surface area contributed by atoms with E-state index >= 15 is 0 Å². The topological polar surface area (TPSA) is 76.4 Å². The summed E-state index contributed by atoms with van der Waals surface area (Å²) in [7, 11) is 0. The molecule has 0 bridgehead atoms. The molecule has 0 aliphatic carbocycles. The van der Waals surface area contributed by atoms with Crippen LogP contribution in [0.4, 0.5) is 18.9 Å². The highest BCUT2D eigenvalue weighted by Gasteiger charge is 2.35. The standard InChI is InChI=1S/C8H6F3N3O2/c9-8(10,11)7-12-4-2-1-3-5(14(15)16)6(4)13-7/h1-3,14-15H,(H,12,13). The zero-order chi connectivity index (χ0) is 11.9. The number of nitrogens with zero attached hydrogens (tertiary/aromatic N) is 1. The number of para-hydroxylation sites is 1. The summed E-state index contributed by atoms with van der Waals surface area (Å²) in [5.41, 5.74) is -0.404. The van der Waals surface area contributed by atoms with Crippen LogP contribution in [0.15, 0.2) is 18.2 Å². The number of alkyl halides is 3. The van der Waals surface area contributed by atoms with E-state index in [4.69, 9.17) is 5.21 Å². The van der Waals surface area contributed by atoms with Crippen LogP contribution in [0, 0.1) is 5.21 Å². The van der Waals surface area contributed by atoms with E-state index < -0.39 is 17.2 Å². The average Bonchev–Trinajstić information content (AvgIpc) is 2.59. The zero-order valence-electron chi connectivity index (χ0n) is 7.67. The van der Waals surface area contributed by atoms with Crippen LogP contribution in [0.25, 0.3) is 11.0 Å². The van der Waals surface area contributed by atoms with Crippen LogP contribution < -0.4 is 5.23 Å². The van der Waals surface area contributed by atoms with Crippen molar-refractivity contribution < 1.29 is 23.6 Å². The first-order chi connectivity index (χ1) is 7.39. The van der Waals surface area contributed by atoms with E-state index in [0.717, 1.165) is 0 Å². The molecular weight excluding hydrogens is 227 g/mol. The van der Waals surface area contributed by atoms with Gasteiger partial charge in [-0.3, -0.25) is 0 Å². The van der Waals surface area contributed by atoms with E-state index in [9.17, 15) is 18.4 Å². The van der Waals surface area contributed by atoms with Crippen LogP contribution in [0.2, 0.25) is 0 Å². The zero-order valence-corrected chi connectivity index (χ0v) is 7.67. The fourth-order valence-corrected chi connectivity index (χ4v) is 1.34. The van der Waals surface area contributed by atoms with Crippen LogP contribution >= 0.6 is 0 Å². The molecule has 2 rings (SSSR count). The van der Waals surface area contributed by atoms with Crippen molar-refractivity contribution in [2.24, 2.45) is 0 Å². The third kappa shape index (κ3) is 1.73. The van der Waals surface area contributed by atoms with E-state index in [1.54, 1.807) is 0 Å². The molecule has 0 radical (unpaired) electrons. The number of aromatic amines is 1. The van der Waals surface area contributed by atoms with Crippen molar-refractivity contribution in [3.8, 4) is 0 Å². The normalized spacial score (nSPS) is 14.3. The molecule has 0 amide bonds. The summed E-state index contributed by atoms with van der Waals surface area (Å²) in [6, 6.07) is 3.89. The van der Waals surface area contributed by atoms with E-state index in [1.165, 1.54) is 18.2 Å². The Morgan fingerprint density at radius 1 is 1.38 bits per heavy atom. The van der Waals surface area contributed by atoms with E-state index in [2.05, 4.69) is 4.98 Å². The maximum atomic E-state index is 12.3. The molecule has 0 spiro atoms. The second kappa shape index (κ2) is 3.44. The second-order valence-electron chi connectivity index (χ2n) is 3.09. The Bertz CT molecular complexity index is 521. The molecular formula is C8H6F3N3O2. The lowest BCUT2D eigenvalue weighted by Crippen LogP contribution is -2.99. The maximum Gasteiger partial charge on any atom is 0.449 e. The number of aromatic nitrogens is 2. The molecule has 1 unspecified atom stereocenters. The molecule has 1 atom stereocenters. The summed E-state index contributed by atoms with van der Waals surface area (Å²) < 4.78 is 37.0. The van der Waals surface area contributed by atoms with Gasteiger partial charge >= 0.3 is 6.18 Å². The van der Waals surface area contributed by atoms with Gasteiger partial charge in [-0.05, 0) is 6.07 Å². The SMILES string of the molecule is [O-][NH+](O)c1cccc2[nH]c(C(F)(F)F)nc12. The molecule has 16 heavy (non-hydrogen) atoms. The van der Waals surface area contributed by atoms with Crippen LogP contribution in [-0.4, -0.2) is 15.2 Å². The number of H-pyrrole nitrogens is 1. The lowest BCUT2D eigenvalue weighted by atomic mass is 10.3. The number of quaternary nitrogens is 1. The number of imidazole rings is 1. The van der Waals surface area contributed by atoms with Gasteiger partial charge in [-0.1, -0.05) is 6.07 Å². The molecule has 3 N–H and O–H groups in total. The fraction of sp³-hybridized carbons (Fsp3) is 0.125. The molecule has 86 valence electrons. The number of fused-ring (bicyclic) bond motifs is 1. The minimum Gasteiger partial charge on any atom is -0.595 e. The van der Waals surface area contributed by atoms with Crippen LogP contribution in [0.3, 0.4) is 0 Å². The number of halogens is 3. The van der Waals surface area contributed by atoms with Crippen molar-refractivity contribution in [2.45, 2.75) is 6.18 Å². The highest BCUT2D eigenvalue weighted by Crippen LogP contribution is 2.29.